The Hall–Kier alpha value is -1.14. The van der Waals surface area contributed by atoms with E-state index in [2.05, 4.69) is 9.97 Å². The number of hydrogen-bond donors (Lipinski definition) is 2. The summed E-state index contributed by atoms with van der Waals surface area (Å²) in [4.78, 5) is 18.6. The Morgan fingerprint density at radius 3 is 2.93 bits per heavy atom. The molecule has 0 aliphatic heterocycles. The van der Waals surface area contributed by atoms with E-state index >= 15 is 0 Å². The first-order chi connectivity index (χ1) is 6.70. The van der Waals surface area contributed by atoms with Gasteiger partial charge in [0.05, 0.1) is 12.2 Å². The van der Waals surface area contributed by atoms with E-state index in [4.69, 9.17) is 11.5 Å². The van der Waals surface area contributed by atoms with Crippen LogP contribution in [0.1, 0.15) is 6.42 Å². The number of primary amides is 1. The van der Waals surface area contributed by atoms with Crippen molar-refractivity contribution in [3.63, 3.8) is 0 Å². The van der Waals surface area contributed by atoms with E-state index in [0.29, 0.717) is 12.2 Å². The number of rotatable bonds is 5. The molecule has 0 fully saturated rings. The minimum atomic E-state index is -0.570. The van der Waals surface area contributed by atoms with E-state index in [0.717, 1.165) is 5.03 Å². The molecule has 1 amide bonds. The second-order valence-electron chi connectivity index (χ2n) is 2.69. The van der Waals surface area contributed by atoms with Crippen molar-refractivity contribution in [2.45, 2.75) is 17.5 Å². The third kappa shape index (κ3) is 3.71. The van der Waals surface area contributed by atoms with Crippen molar-refractivity contribution < 1.29 is 4.79 Å². The Morgan fingerprint density at radius 2 is 2.36 bits per heavy atom. The topological polar surface area (TPSA) is 94.9 Å². The number of nitrogens with two attached hydrogens (primary N) is 2. The molecule has 4 N–H and O–H groups in total. The van der Waals surface area contributed by atoms with Gasteiger partial charge >= 0.3 is 0 Å². The Labute approximate surface area is 86.3 Å². The summed E-state index contributed by atoms with van der Waals surface area (Å²) in [5.41, 5.74) is 10.5. The van der Waals surface area contributed by atoms with Crippen LogP contribution in [0.5, 0.6) is 0 Å². The molecule has 76 valence electrons. The van der Waals surface area contributed by atoms with Crippen LogP contribution in [0.4, 0.5) is 0 Å². The normalized spacial score (nSPS) is 12.4. The average molecular weight is 212 g/mol. The van der Waals surface area contributed by atoms with Crippen LogP contribution in [0.25, 0.3) is 0 Å². The summed E-state index contributed by atoms with van der Waals surface area (Å²) in [7, 11) is 0. The van der Waals surface area contributed by atoms with E-state index in [-0.39, 0.29) is 0 Å². The average Bonchev–Trinajstić information content (AvgIpc) is 2.19. The fourth-order valence-electron chi connectivity index (χ4n) is 0.793. The van der Waals surface area contributed by atoms with Gasteiger partial charge in [0.2, 0.25) is 5.91 Å². The van der Waals surface area contributed by atoms with E-state index in [1.54, 1.807) is 18.6 Å². The molecular weight excluding hydrogens is 200 g/mol. The monoisotopic (exact) mass is 212 g/mol. The van der Waals surface area contributed by atoms with Crippen molar-refractivity contribution in [1.29, 1.82) is 0 Å². The number of nitrogens with zero attached hydrogens (tertiary/aromatic N) is 2. The van der Waals surface area contributed by atoms with Crippen molar-refractivity contribution >= 4 is 17.7 Å². The molecule has 0 bridgehead atoms. The largest absolute Gasteiger partial charge is 0.368 e. The summed E-state index contributed by atoms with van der Waals surface area (Å²) in [6.07, 6.45) is 5.45. The van der Waals surface area contributed by atoms with Crippen LogP contribution in [0, 0.1) is 0 Å². The summed E-state index contributed by atoms with van der Waals surface area (Å²) in [5.74, 6) is 0.243. The van der Waals surface area contributed by atoms with Crippen molar-refractivity contribution in [3.8, 4) is 0 Å². The number of thioether (sulfide) groups is 1. The summed E-state index contributed by atoms with van der Waals surface area (Å²) >= 11 is 1.50. The van der Waals surface area contributed by atoms with Gasteiger partial charge in [0.15, 0.2) is 0 Å². The van der Waals surface area contributed by atoms with Crippen LogP contribution in [-0.2, 0) is 4.79 Å². The molecule has 5 nitrogen and oxygen atoms in total. The summed E-state index contributed by atoms with van der Waals surface area (Å²) in [6.45, 7) is 0. The van der Waals surface area contributed by atoms with Crippen LogP contribution in [0.15, 0.2) is 23.6 Å². The molecule has 1 atom stereocenters. The van der Waals surface area contributed by atoms with Gasteiger partial charge in [-0.15, -0.1) is 11.8 Å². The van der Waals surface area contributed by atoms with E-state index in [1.165, 1.54) is 11.8 Å². The molecule has 1 rings (SSSR count). The molecule has 0 aromatic carbocycles. The lowest BCUT2D eigenvalue weighted by Crippen LogP contribution is -2.36. The van der Waals surface area contributed by atoms with Crippen LogP contribution < -0.4 is 11.5 Å². The fourth-order valence-corrected chi connectivity index (χ4v) is 1.64. The lowest BCUT2D eigenvalue weighted by molar-refractivity contribution is -0.119. The molecule has 0 saturated carbocycles. The van der Waals surface area contributed by atoms with Gasteiger partial charge in [-0.25, -0.2) is 4.98 Å². The Morgan fingerprint density at radius 1 is 1.57 bits per heavy atom. The SMILES string of the molecule is NC(=O)C(N)CCSc1cnccn1. The van der Waals surface area contributed by atoms with Crippen LogP contribution in [-0.4, -0.2) is 27.7 Å². The molecule has 6 heteroatoms. The lowest BCUT2D eigenvalue weighted by atomic mass is 10.2. The predicted octanol–water partition coefficient (Wildman–Crippen LogP) is -0.229. The van der Waals surface area contributed by atoms with Gasteiger partial charge in [-0.05, 0) is 6.42 Å². The maximum Gasteiger partial charge on any atom is 0.234 e. The van der Waals surface area contributed by atoms with Crippen LogP contribution >= 0.6 is 11.8 Å². The van der Waals surface area contributed by atoms with Crippen LogP contribution in [0.2, 0.25) is 0 Å². The number of hydrogen-bond acceptors (Lipinski definition) is 5. The van der Waals surface area contributed by atoms with Gasteiger partial charge in [-0.2, -0.15) is 0 Å². The summed E-state index contributed by atoms with van der Waals surface area (Å²) in [5, 5.41) is 0.823. The first-order valence-corrected chi connectivity index (χ1v) is 5.12. The quantitative estimate of drug-likeness (QED) is 0.657. The minimum absolute atomic E-state index is 0.468. The van der Waals surface area contributed by atoms with Crippen molar-refractivity contribution in [2.24, 2.45) is 11.5 Å². The maximum absolute atomic E-state index is 10.6. The zero-order valence-electron chi connectivity index (χ0n) is 7.59. The van der Waals surface area contributed by atoms with Gasteiger partial charge in [-0.1, -0.05) is 0 Å². The lowest BCUT2D eigenvalue weighted by Gasteiger charge is -2.05. The molecule has 0 spiro atoms. The van der Waals surface area contributed by atoms with Crippen molar-refractivity contribution in [1.82, 2.24) is 9.97 Å². The third-order valence-electron chi connectivity index (χ3n) is 1.58. The van der Waals surface area contributed by atoms with Gasteiger partial charge in [-0.3, -0.25) is 9.78 Å². The highest BCUT2D eigenvalue weighted by molar-refractivity contribution is 7.99. The van der Waals surface area contributed by atoms with Gasteiger partial charge in [0.1, 0.15) is 5.03 Å². The summed E-state index contributed by atoms with van der Waals surface area (Å²) in [6, 6.07) is -0.570. The van der Waals surface area contributed by atoms with E-state index < -0.39 is 11.9 Å². The number of aromatic nitrogens is 2. The smallest absolute Gasteiger partial charge is 0.234 e. The first-order valence-electron chi connectivity index (χ1n) is 4.14. The first kappa shape index (κ1) is 10.9. The molecule has 1 aromatic rings. The Balaban J connectivity index is 2.26. The standard InChI is InChI=1S/C8H12N4OS/c9-6(8(10)13)1-4-14-7-5-11-2-3-12-7/h2-3,5-6H,1,4,9H2,(H2,10,13). The van der Waals surface area contributed by atoms with E-state index in [1.807, 2.05) is 0 Å². The zero-order chi connectivity index (χ0) is 10.4. The minimum Gasteiger partial charge on any atom is -0.368 e. The highest BCUT2D eigenvalue weighted by Gasteiger charge is 2.08. The fraction of sp³-hybridized carbons (Fsp3) is 0.375. The second-order valence-corrected chi connectivity index (χ2v) is 3.80. The van der Waals surface area contributed by atoms with Crippen molar-refractivity contribution in [2.75, 3.05) is 5.75 Å². The van der Waals surface area contributed by atoms with E-state index in [9.17, 15) is 4.79 Å². The molecule has 1 unspecified atom stereocenters. The second kappa shape index (κ2) is 5.56. The molecule has 0 saturated heterocycles. The molecule has 14 heavy (non-hydrogen) atoms. The molecule has 1 aromatic heterocycles. The highest BCUT2D eigenvalue weighted by Crippen LogP contribution is 2.14. The molecule has 1 heterocycles. The maximum atomic E-state index is 10.6. The molecule has 0 aliphatic rings. The molecule has 0 radical (unpaired) electrons. The van der Waals surface area contributed by atoms with Gasteiger partial charge in [0.25, 0.3) is 0 Å². The number of carbonyl (C=O) groups excluding carboxylic acids is 1. The van der Waals surface area contributed by atoms with Crippen LogP contribution in [0.3, 0.4) is 0 Å². The third-order valence-corrected chi connectivity index (χ3v) is 2.53. The molecule has 0 aliphatic carbocycles. The van der Waals surface area contributed by atoms with Gasteiger partial charge in [0, 0.05) is 18.1 Å². The highest BCUT2D eigenvalue weighted by atomic mass is 32.2. The zero-order valence-corrected chi connectivity index (χ0v) is 8.41. The predicted molar refractivity (Wildman–Crippen MR) is 54.5 cm³/mol. The van der Waals surface area contributed by atoms with Gasteiger partial charge < -0.3 is 11.5 Å². The summed E-state index contributed by atoms with van der Waals surface area (Å²) < 4.78 is 0. The number of amides is 1. The van der Waals surface area contributed by atoms with Crippen molar-refractivity contribution in [3.05, 3.63) is 18.6 Å². The number of carbonyl (C=O) groups is 1. The Bertz CT molecular complexity index is 293. The Kier molecular flexibility index (Phi) is 4.34. The molecular formula is C8H12N4OS.